The van der Waals surface area contributed by atoms with Gasteiger partial charge in [-0.3, -0.25) is 0 Å². The van der Waals surface area contributed by atoms with E-state index in [0.717, 1.165) is 26.1 Å². The molecule has 1 aliphatic rings. The first-order chi connectivity index (χ1) is 5.79. The second-order valence-electron chi connectivity index (χ2n) is 3.52. The van der Waals surface area contributed by atoms with Crippen LogP contribution in [0.5, 0.6) is 0 Å². The molecule has 0 saturated heterocycles. The lowest BCUT2D eigenvalue weighted by atomic mass is 10.1. The molecule has 0 aliphatic carbocycles. The van der Waals surface area contributed by atoms with Gasteiger partial charge in [-0.05, 0) is 38.7 Å². The Bertz CT molecular complexity index is 185. The van der Waals surface area contributed by atoms with Crippen LogP contribution in [-0.2, 0) is 4.74 Å². The largest absolute Gasteiger partial charge is 0.377 e. The van der Waals surface area contributed by atoms with E-state index >= 15 is 0 Å². The van der Waals surface area contributed by atoms with Gasteiger partial charge in [0.05, 0.1) is 13.2 Å². The zero-order valence-electron chi connectivity index (χ0n) is 8.10. The highest BCUT2D eigenvalue weighted by atomic mass is 16.5. The topological polar surface area (TPSA) is 9.23 Å². The molecule has 1 rings (SSSR count). The summed E-state index contributed by atoms with van der Waals surface area (Å²) in [6.07, 6.45) is 8.05. The SMILES string of the molecule is CC(C)=CCCC1=CCCOC1. The van der Waals surface area contributed by atoms with Crippen LogP contribution >= 0.6 is 0 Å². The maximum Gasteiger partial charge on any atom is 0.0677 e. The van der Waals surface area contributed by atoms with Crippen molar-refractivity contribution >= 4 is 0 Å². The van der Waals surface area contributed by atoms with Crippen LogP contribution < -0.4 is 0 Å². The van der Waals surface area contributed by atoms with Crippen molar-refractivity contribution in [2.45, 2.75) is 33.1 Å². The van der Waals surface area contributed by atoms with Crippen molar-refractivity contribution in [2.75, 3.05) is 13.2 Å². The molecule has 12 heavy (non-hydrogen) atoms. The summed E-state index contributed by atoms with van der Waals surface area (Å²) in [5, 5.41) is 0. The van der Waals surface area contributed by atoms with E-state index in [0.29, 0.717) is 0 Å². The molecule has 0 aromatic carbocycles. The molecule has 1 nitrogen and oxygen atoms in total. The van der Waals surface area contributed by atoms with Crippen LogP contribution in [0.2, 0.25) is 0 Å². The first-order valence-electron chi connectivity index (χ1n) is 4.68. The van der Waals surface area contributed by atoms with Crippen LogP contribution in [0.1, 0.15) is 33.1 Å². The van der Waals surface area contributed by atoms with E-state index in [1.54, 1.807) is 0 Å². The number of allylic oxidation sites excluding steroid dienone is 2. The van der Waals surface area contributed by atoms with E-state index in [1.807, 2.05) is 0 Å². The Morgan fingerprint density at radius 1 is 1.58 bits per heavy atom. The average molecular weight is 166 g/mol. The van der Waals surface area contributed by atoms with Crippen LogP contribution in [0.15, 0.2) is 23.3 Å². The fraction of sp³-hybridized carbons (Fsp3) is 0.636. The van der Waals surface area contributed by atoms with Gasteiger partial charge in [-0.25, -0.2) is 0 Å². The van der Waals surface area contributed by atoms with Gasteiger partial charge in [0.2, 0.25) is 0 Å². The third-order valence-corrected chi connectivity index (χ3v) is 2.00. The normalized spacial score (nSPS) is 17.0. The summed E-state index contributed by atoms with van der Waals surface area (Å²) in [5.74, 6) is 0. The molecule has 0 bridgehead atoms. The van der Waals surface area contributed by atoms with E-state index in [-0.39, 0.29) is 0 Å². The lowest BCUT2D eigenvalue weighted by Crippen LogP contribution is -2.05. The molecule has 68 valence electrons. The predicted molar refractivity (Wildman–Crippen MR) is 52.2 cm³/mol. The van der Waals surface area contributed by atoms with Crippen LogP contribution in [0.3, 0.4) is 0 Å². The Morgan fingerprint density at radius 2 is 2.42 bits per heavy atom. The van der Waals surface area contributed by atoms with Crippen molar-refractivity contribution in [2.24, 2.45) is 0 Å². The third-order valence-electron chi connectivity index (χ3n) is 2.00. The highest BCUT2D eigenvalue weighted by molar-refractivity contribution is 5.06. The summed E-state index contributed by atoms with van der Waals surface area (Å²) in [6, 6.07) is 0. The minimum Gasteiger partial charge on any atom is -0.377 e. The minimum atomic E-state index is 0.858. The first kappa shape index (κ1) is 9.53. The molecule has 0 unspecified atom stereocenters. The van der Waals surface area contributed by atoms with Crippen LogP contribution in [0, 0.1) is 0 Å². The fourth-order valence-electron chi connectivity index (χ4n) is 1.33. The van der Waals surface area contributed by atoms with Crippen molar-refractivity contribution < 1.29 is 4.74 Å². The summed E-state index contributed by atoms with van der Waals surface area (Å²) in [4.78, 5) is 0. The Kier molecular flexibility index (Phi) is 4.09. The molecule has 0 N–H and O–H groups in total. The Labute approximate surface area is 75.1 Å². The molecule has 0 saturated carbocycles. The molecule has 0 radical (unpaired) electrons. The van der Waals surface area contributed by atoms with Crippen molar-refractivity contribution in [3.8, 4) is 0 Å². The second kappa shape index (κ2) is 5.15. The van der Waals surface area contributed by atoms with Gasteiger partial charge >= 0.3 is 0 Å². The van der Waals surface area contributed by atoms with Gasteiger partial charge in [0.25, 0.3) is 0 Å². The van der Waals surface area contributed by atoms with Gasteiger partial charge in [0.15, 0.2) is 0 Å². The Balaban J connectivity index is 2.22. The molecule has 0 spiro atoms. The maximum atomic E-state index is 5.35. The standard InChI is InChI=1S/C11H18O/c1-10(2)5-3-6-11-7-4-8-12-9-11/h5,7H,3-4,6,8-9H2,1-2H3. The summed E-state index contributed by atoms with van der Waals surface area (Å²) >= 11 is 0. The van der Waals surface area contributed by atoms with E-state index in [2.05, 4.69) is 26.0 Å². The van der Waals surface area contributed by atoms with Crippen LogP contribution in [0.4, 0.5) is 0 Å². The Morgan fingerprint density at radius 3 is 3.00 bits per heavy atom. The second-order valence-corrected chi connectivity index (χ2v) is 3.52. The molecular weight excluding hydrogens is 148 g/mol. The monoisotopic (exact) mass is 166 g/mol. The lowest BCUT2D eigenvalue weighted by Gasteiger charge is -2.12. The third kappa shape index (κ3) is 3.72. The van der Waals surface area contributed by atoms with Crippen molar-refractivity contribution in [1.29, 1.82) is 0 Å². The zero-order valence-corrected chi connectivity index (χ0v) is 8.10. The first-order valence-corrected chi connectivity index (χ1v) is 4.68. The molecular formula is C11H18O. The average Bonchev–Trinajstić information content (AvgIpc) is 2.05. The summed E-state index contributed by atoms with van der Waals surface area (Å²) in [5.41, 5.74) is 2.88. The van der Waals surface area contributed by atoms with Crippen molar-refractivity contribution in [1.82, 2.24) is 0 Å². The fourth-order valence-corrected chi connectivity index (χ4v) is 1.33. The minimum absolute atomic E-state index is 0.858. The van der Waals surface area contributed by atoms with E-state index < -0.39 is 0 Å². The number of hydrogen-bond acceptors (Lipinski definition) is 1. The van der Waals surface area contributed by atoms with Gasteiger partial charge in [-0.2, -0.15) is 0 Å². The predicted octanol–water partition coefficient (Wildman–Crippen LogP) is 3.08. The molecule has 0 aromatic heterocycles. The summed E-state index contributed by atoms with van der Waals surface area (Å²) < 4.78 is 5.35. The molecule has 1 heteroatoms. The summed E-state index contributed by atoms with van der Waals surface area (Å²) in [7, 11) is 0. The molecule has 1 aliphatic heterocycles. The van der Waals surface area contributed by atoms with Crippen LogP contribution in [-0.4, -0.2) is 13.2 Å². The van der Waals surface area contributed by atoms with Crippen LogP contribution in [0.25, 0.3) is 0 Å². The number of ether oxygens (including phenoxy) is 1. The summed E-state index contributed by atoms with van der Waals surface area (Å²) in [6.45, 7) is 6.06. The smallest absolute Gasteiger partial charge is 0.0677 e. The van der Waals surface area contributed by atoms with Gasteiger partial charge in [0, 0.05) is 0 Å². The number of rotatable bonds is 3. The zero-order chi connectivity index (χ0) is 8.81. The highest BCUT2D eigenvalue weighted by Gasteiger charge is 2.01. The highest BCUT2D eigenvalue weighted by Crippen LogP contribution is 2.12. The van der Waals surface area contributed by atoms with Crippen molar-refractivity contribution in [3.63, 3.8) is 0 Å². The van der Waals surface area contributed by atoms with Gasteiger partial charge < -0.3 is 4.74 Å². The lowest BCUT2D eigenvalue weighted by molar-refractivity contribution is 0.148. The molecule has 0 fully saturated rings. The number of hydrogen-bond donors (Lipinski definition) is 0. The molecule has 0 aromatic rings. The van der Waals surface area contributed by atoms with E-state index in [4.69, 9.17) is 4.74 Å². The quantitative estimate of drug-likeness (QED) is 0.585. The molecule has 1 heterocycles. The maximum absolute atomic E-state index is 5.35. The van der Waals surface area contributed by atoms with Gasteiger partial charge in [-0.15, -0.1) is 0 Å². The van der Waals surface area contributed by atoms with Gasteiger partial charge in [-0.1, -0.05) is 17.7 Å². The molecule has 0 atom stereocenters. The molecule has 0 amide bonds. The van der Waals surface area contributed by atoms with Gasteiger partial charge in [0.1, 0.15) is 0 Å². The Hall–Kier alpha value is -0.560. The van der Waals surface area contributed by atoms with Crippen molar-refractivity contribution in [3.05, 3.63) is 23.3 Å². The van der Waals surface area contributed by atoms with E-state index in [9.17, 15) is 0 Å². The van der Waals surface area contributed by atoms with E-state index in [1.165, 1.54) is 17.6 Å².